The van der Waals surface area contributed by atoms with E-state index in [0.29, 0.717) is 28.1 Å². The number of thiophene rings is 1. The fourth-order valence-corrected chi connectivity index (χ4v) is 5.50. The highest BCUT2D eigenvalue weighted by atomic mass is 32.1. The second-order valence-corrected chi connectivity index (χ2v) is 8.21. The van der Waals surface area contributed by atoms with Crippen LogP contribution in [-0.2, 0) is 9.59 Å². The molecule has 2 heterocycles. The van der Waals surface area contributed by atoms with E-state index in [9.17, 15) is 14.4 Å². The smallest absolute Gasteiger partial charge is 0.353 e. The zero-order valence-electron chi connectivity index (χ0n) is 14.0. The molecule has 2 amide bonds. The van der Waals surface area contributed by atoms with Crippen molar-refractivity contribution < 1.29 is 19.1 Å². The van der Waals surface area contributed by atoms with Crippen molar-refractivity contribution in [2.45, 2.75) is 19.3 Å². The zero-order valence-corrected chi connectivity index (χ0v) is 14.8. The molecule has 132 valence electrons. The molecule has 5 nitrogen and oxygen atoms in total. The van der Waals surface area contributed by atoms with Gasteiger partial charge < -0.3 is 4.74 Å². The maximum Gasteiger partial charge on any atom is 0.353 e. The lowest BCUT2D eigenvalue weighted by Gasteiger charge is -2.19. The molecular weight excluding hydrogens is 350 g/mol. The topological polar surface area (TPSA) is 63.7 Å². The number of hydrogen-bond donors (Lipinski definition) is 0. The number of nitrogens with zero attached hydrogens (tertiary/aromatic N) is 1. The number of carbonyl (C=O) groups is 3. The third-order valence-corrected chi connectivity index (χ3v) is 6.79. The fraction of sp³-hybridized carbons (Fsp3) is 0.350. The number of rotatable bonds is 3. The van der Waals surface area contributed by atoms with Crippen LogP contribution in [-0.4, -0.2) is 17.8 Å². The van der Waals surface area contributed by atoms with Gasteiger partial charge in [0.25, 0.3) is 0 Å². The maximum absolute atomic E-state index is 12.9. The first-order valence-electron chi connectivity index (χ1n) is 8.87. The molecular formula is C20H17NO4S. The van der Waals surface area contributed by atoms with Crippen molar-refractivity contribution in [3.8, 4) is 5.75 Å². The van der Waals surface area contributed by atoms with E-state index in [0.717, 1.165) is 19.3 Å². The molecule has 2 aromatic rings. The molecule has 0 unspecified atom stereocenters. The quantitative estimate of drug-likeness (QED) is 0.473. The van der Waals surface area contributed by atoms with Crippen LogP contribution in [0.1, 0.15) is 28.9 Å². The van der Waals surface area contributed by atoms with Gasteiger partial charge in [0.05, 0.1) is 17.5 Å². The number of esters is 1. The van der Waals surface area contributed by atoms with Crippen LogP contribution in [0.2, 0.25) is 0 Å². The summed E-state index contributed by atoms with van der Waals surface area (Å²) in [6.45, 7) is 0. The minimum atomic E-state index is -0.439. The Bertz CT molecular complexity index is 878. The second kappa shape index (κ2) is 5.77. The first kappa shape index (κ1) is 15.8. The number of hydrogen-bond acceptors (Lipinski definition) is 5. The lowest BCUT2D eigenvalue weighted by molar-refractivity contribution is -0.123. The van der Waals surface area contributed by atoms with E-state index in [4.69, 9.17) is 4.74 Å². The Morgan fingerprint density at radius 1 is 1.04 bits per heavy atom. The summed E-state index contributed by atoms with van der Waals surface area (Å²) in [5.74, 6) is 0.116. The highest BCUT2D eigenvalue weighted by Gasteiger charge is 2.61. The third kappa shape index (κ3) is 2.25. The predicted octanol–water partition coefficient (Wildman–Crippen LogP) is 3.50. The SMILES string of the molecule is O=C(Oc1cccc(N2C(=O)[C@H]3[C@@H]4CC[C@@H](C4)[C@@H]3C2=O)c1)c1cccs1. The number of anilines is 1. The second-order valence-electron chi connectivity index (χ2n) is 7.26. The molecule has 4 atom stereocenters. The predicted molar refractivity (Wildman–Crippen MR) is 96.0 cm³/mol. The first-order valence-corrected chi connectivity index (χ1v) is 9.75. The van der Waals surface area contributed by atoms with Gasteiger partial charge in [-0.3, -0.25) is 9.59 Å². The summed E-state index contributed by atoms with van der Waals surface area (Å²) >= 11 is 1.31. The van der Waals surface area contributed by atoms with Gasteiger partial charge >= 0.3 is 5.97 Å². The summed E-state index contributed by atoms with van der Waals surface area (Å²) in [7, 11) is 0. The van der Waals surface area contributed by atoms with E-state index in [-0.39, 0.29) is 23.7 Å². The van der Waals surface area contributed by atoms with Crippen LogP contribution < -0.4 is 9.64 Å². The highest BCUT2D eigenvalue weighted by Crippen LogP contribution is 2.56. The van der Waals surface area contributed by atoms with Crippen LogP contribution in [0.5, 0.6) is 5.75 Å². The van der Waals surface area contributed by atoms with Crippen molar-refractivity contribution in [1.82, 2.24) is 0 Å². The molecule has 3 aliphatic rings. The molecule has 1 aliphatic heterocycles. The lowest BCUT2D eigenvalue weighted by atomic mass is 9.81. The average Bonchev–Trinajstić information content (AvgIpc) is 3.39. The van der Waals surface area contributed by atoms with Crippen molar-refractivity contribution in [2.24, 2.45) is 23.7 Å². The fourth-order valence-electron chi connectivity index (χ4n) is 4.90. The molecule has 6 heteroatoms. The zero-order chi connectivity index (χ0) is 17.8. The van der Waals surface area contributed by atoms with Crippen molar-refractivity contribution in [3.05, 3.63) is 46.7 Å². The molecule has 26 heavy (non-hydrogen) atoms. The Hall–Kier alpha value is -2.47. The van der Waals surface area contributed by atoms with E-state index in [1.165, 1.54) is 16.2 Å². The minimum absolute atomic E-state index is 0.0890. The Morgan fingerprint density at radius 2 is 1.77 bits per heavy atom. The Kier molecular flexibility index (Phi) is 3.50. The Balaban J connectivity index is 1.42. The molecule has 0 N–H and O–H groups in total. The number of amides is 2. The summed E-state index contributed by atoms with van der Waals surface area (Å²) in [6.07, 6.45) is 3.12. The van der Waals surface area contributed by atoms with E-state index < -0.39 is 5.97 Å². The normalized spacial score (nSPS) is 29.3. The summed E-state index contributed by atoms with van der Waals surface area (Å²) < 4.78 is 5.40. The molecule has 0 spiro atoms. The number of benzene rings is 1. The number of imide groups is 1. The summed E-state index contributed by atoms with van der Waals surface area (Å²) in [5, 5.41) is 1.81. The number of fused-ring (bicyclic) bond motifs is 5. The van der Waals surface area contributed by atoms with Crippen LogP contribution in [0.4, 0.5) is 5.69 Å². The van der Waals surface area contributed by atoms with Crippen LogP contribution >= 0.6 is 11.3 Å². The molecule has 3 fully saturated rings. The first-order chi connectivity index (χ1) is 12.6. The van der Waals surface area contributed by atoms with E-state index >= 15 is 0 Å². The highest BCUT2D eigenvalue weighted by molar-refractivity contribution is 7.12. The number of ether oxygens (including phenoxy) is 1. The Morgan fingerprint density at radius 3 is 2.42 bits per heavy atom. The van der Waals surface area contributed by atoms with Gasteiger partial charge in [-0.05, 0) is 54.7 Å². The standard InChI is InChI=1S/C20H17NO4S/c22-18-16-11-6-7-12(9-11)17(16)19(23)21(18)13-3-1-4-14(10-13)25-20(24)15-5-2-8-26-15/h1-5,8,10-12,16-17H,6-7,9H2/t11-,12+,16-,17-/m0/s1. The molecule has 1 aromatic carbocycles. The minimum Gasteiger partial charge on any atom is -0.422 e. The van der Waals surface area contributed by atoms with Crippen LogP contribution in [0.25, 0.3) is 0 Å². The summed E-state index contributed by atoms with van der Waals surface area (Å²) in [5.41, 5.74) is 0.491. The van der Waals surface area contributed by atoms with Gasteiger partial charge in [-0.2, -0.15) is 0 Å². The van der Waals surface area contributed by atoms with Crippen molar-refractivity contribution >= 4 is 34.8 Å². The van der Waals surface area contributed by atoms with E-state index in [1.807, 2.05) is 5.38 Å². The summed E-state index contributed by atoms with van der Waals surface area (Å²) in [6, 6.07) is 10.2. The van der Waals surface area contributed by atoms with Gasteiger partial charge in [0.15, 0.2) is 0 Å². The van der Waals surface area contributed by atoms with Crippen molar-refractivity contribution in [1.29, 1.82) is 0 Å². The van der Waals surface area contributed by atoms with Crippen LogP contribution in [0, 0.1) is 23.7 Å². The molecule has 1 aromatic heterocycles. The largest absolute Gasteiger partial charge is 0.422 e. The monoisotopic (exact) mass is 367 g/mol. The summed E-state index contributed by atoms with van der Waals surface area (Å²) in [4.78, 5) is 39.8. The van der Waals surface area contributed by atoms with Gasteiger partial charge in [0.1, 0.15) is 10.6 Å². The molecule has 1 saturated heterocycles. The van der Waals surface area contributed by atoms with Gasteiger partial charge in [-0.1, -0.05) is 12.1 Å². The van der Waals surface area contributed by atoms with Gasteiger partial charge in [0, 0.05) is 6.07 Å². The average molecular weight is 367 g/mol. The molecule has 5 rings (SSSR count). The van der Waals surface area contributed by atoms with Gasteiger partial charge in [-0.15, -0.1) is 11.3 Å². The van der Waals surface area contributed by atoms with E-state index in [2.05, 4.69) is 0 Å². The maximum atomic E-state index is 12.9. The van der Waals surface area contributed by atoms with Crippen LogP contribution in [0.3, 0.4) is 0 Å². The van der Waals surface area contributed by atoms with Crippen molar-refractivity contribution in [2.75, 3.05) is 4.90 Å². The number of carbonyl (C=O) groups excluding carboxylic acids is 3. The lowest BCUT2D eigenvalue weighted by Crippen LogP contribution is -2.32. The van der Waals surface area contributed by atoms with Crippen molar-refractivity contribution in [3.63, 3.8) is 0 Å². The van der Waals surface area contributed by atoms with Gasteiger partial charge in [-0.25, -0.2) is 9.69 Å². The molecule has 2 bridgehead atoms. The van der Waals surface area contributed by atoms with E-state index in [1.54, 1.807) is 36.4 Å². The molecule has 2 aliphatic carbocycles. The third-order valence-electron chi connectivity index (χ3n) is 5.94. The Labute approximate surface area is 154 Å². The molecule has 2 saturated carbocycles. The molecule has 0 radical (unpaired) electrons. The van der Waals surface area contributed by atoms with Crippen LogP contribution in [0.15, 0.2) is 41.8 Å². The van der Waals surface area contributed by atoms with Gasteiger partial charge in [0.2, 0.25) is 11.8 Å².